The molecule has 0 fully saturated rings. The zero-order chi connectivity index (χ0) is 19.4. The van der Waals surface area contributed by atoms with Gasteiger partial charge in [-0.25, -0.2) is 4.85 Å². The Balaban J connectivity index is 0.00000676. The monoisotopic (exact) mass is 422 g/mol. The second kappa shape index (κ2) is 14.1. The van der Waals surface area contributed by atoms with E-state index in [0.29, 0.717) is 12.3 Å². The van der Waals surface area contributed by atoms with E-state index < -0.39 is 5.97 Å². The van der Waals surface area contributed by atoms with Gasteiger partial charge in [-0.15, -0.1) is 0 Å². The van der Waals surface area contributed by atoms with Gasteiger partial charge in [0, 0.05) is 23.5 Å². The summed E-state index contributed by atoms with van der Waals surface area (Å²) in [5.41, 5.74) is 0.638. The van der Waals surface area contributed by atoms with Crippen LogP contribution in [0, 0.1) is 12.5 Å². The Hall–Kier alpha value is -1.96. The molecule has 0 saturated carbocycles. The molecule has 0 aliphatic carbocycles. The fraction of sp³-hybridized carbons (Fsp3) is 0.524. The van der Waals surface area contributed by atoms with E-state index in [2.05, 4.69) is 18.7 Å². The van der Waals surface area contributed by atoms with Crippen molar-refractivity contribution in [3.05, 3.63) is 52.7 Å². The predicted octanol–water partition coefficient (Wildman–Crippen LogP) is 5.07. The first-order valence-corrected chi connectivity index (χ1v) is 9.17. The van der Waals surface area contributed by atoms with Crippen LogP contribution < -0.4 is 4.74 Å². The van der Waals surface area contributed by atoms with Crippen molar-refractivity contribution < 1.29 is 36.4 Å². The average molecular weight is 423 g/mol. The van der Waals surface area contributed by atoms with E-state index >= 15 is 0 Å². The summed E-state index contributed by atoms with van der Waals surface area (Å²) in [7, 11) is 0. The van der Waals surface area contributed by atoms with E-state index in [0.717, 1.165) is 24.3 Å². The molecule has 0 bridgehead atoms. The Labute approximate surface area is 173 Å². The Morgan fingerprint density at radius 3 is 2.44 bits per heavy atom. The predicted molar refractivity (Wildman–Crippen MR) is 102 cm³/mol. The topological polar surface area (TPSA) is 60.1 Å². The maximum atomic E-state index is 11.6. The van der Waals surface area contributed by atoms with Crippen LogP contribution in [0.25, 0.3) is 4.85 Å². The number of nitrogens with zero attached hydrogens (tertiary/aromatic N) is 1. The van der Waals surface area contributed by atoms with Gasteiger partial charge >= 0.3 is 11.7 Å². The number of benzene rings is 1. The van der Waals surface area contributed by atoms with Crippen LogP contribution >= 0.6 is 0 Å². The maximum Gasteiger partial charge on any atom is 0.339 e. The fourth-order valence-corrected chi connectivity index (χ4v) is 2.47. The molecule has 27 heavy (non-hydrogen) atoms. The number of hydrogen-bond donors (Lipinski definition) is 1. The zero-order valence-electron chi connectivity index (χ0n) is 16.3. The van der Waals surface area contributed by atoms with Crippen molar-refractivity contribution in [2.75, 3.05) is 13.2 Å². The molecular weight excluding hydrogens is 394 g/mol. The Morgan fingerprint density at radius 2 is 1.93 bits per heavy atom. The average Bonchev–Trinajstić information content (AvgIpc) is 2.63. The van der Waals surface area contributed by atoms with Crippen molar-refractivity contribution in [1.29, 1.82) is 0 Å². The number of carbonyl (C=O) groups is 1. The van der Waals surface area contributed by atoms with E-state index in [1.54, 1.807) is 0 Å². The molecule has 1 aromatic carbocycles. The summed E-state index contributed by atoms with van der Waals surface area (Å²) in [4.78, 5) is 14.6. The number of rotatable bonds is 11. The van der Waals surface area contributed by atoms with Crippen LogP contribution in [0.2, 0.25) is 0 Å². The second-order valence-electron chi connectivity index (χ2n) is 6.30. The van der Waals surface area contributed by atoms with E-state index in [1.165, 1.54) is 26.2 Å². The number of esters is 1. The van der Waals surface area contributed by atoms with Gasteiger partial charge < -0.3 is 14.6 Å². The van der Waals surface area contributed by atoms with Crippen LogP contribution in [-0.4, -0.2) is 24.3 Å². The molecule has 1 N–H and O–H groups in total. The molecule has 1 aromatic rings. The fourth-order valence-electron chi connectivity index (χ4n) is 2.47. The first-order valence-electron chi connectivity index (χ1n) is 9.17. The summed E-state index contributed by atoms with van der Waals surface area (Å²) in [6.07, 6.45) is 5.30. The normalized spacial score (nSPS) is 12.2. The number of carbonyl (C=O) groups excluding carboxylic acids is 1. The number of ether oxygens (including phenoxy) is 2. The number of allylic oxidation sites excluding steroid dienone is 1. The summed E-state index contributed by atoms with van der Waals surface area (Å²) in [6.45, 7) is 13.4. The minimum Gasteiger partial charge on any atom is -0.523 e. The molecule has 6 heteroatoms. The molecule has 1 atom stereocenters. The first-order chi connectivity index (χ1) is 12.5. The molecule has 0 aliphatic rings. The van der Waals surface area contributed by atoms with Gasteiger partial charge in [0.15, 0.2) is 0 Å². The largest absolute Gasteiger partial charge is 0.523 e. The van der Waals surface area contributed by atoms with Crippen molar-refractivity contribution >= 4 is 5.97 Å². The third-order valence-corrected chi connectivity index (χ3v) is 4.22. The second-order valence-corrected chi connectivity index (χ2v) is 6.30. The van der Waals surface area contributed by atoms with Crippen molar-refractivity contribution in [1.82, 2.24) is 0 Å². The summed E-state index contributed by atoms with van der Waals surface area (Å²) in [6, 6.07) is 7.73. The summed E-state index contributed by atoms with van der Waals surface area (Å²) in [5, 5.41) is 9.24. The molecule has 1 rings (SSSR count). The summed E-state index contributed by atoms with van der Waals surface area (Å²) in [5.74, 6) is 0.317. The maximum absolute atomic E-state index is 11.6. The molecule has 0 heterocycles. The molecule has 1 radical (unpaired) electrons. The smallest absolute Gasteiger partial charge is 0.339 e. The van der Waals surface area contributed by atoms with Gasteiger partial charge in [-0.1, -0.05) is 45.2 Å². The van der Waals surface area contributed by atoms with Gasteiger partial charge in [-0.3, -0.25) is 4.79 Å². The molecule has 5 nitrogen and oxygen atoms in total. The Morgan fingerprint density at radius 1 is 1.26 bits per heavy atom. The quantitative estimate of drug-likeness (QED) is 0.178. The van der Waals surface area contributed by atoms with Crippen molar-refractivity contribution in [2.24, 2.45) is 5.92 Å². The van der Waals surface area contributed by atoms with Gasteiger partial charge in [0.25, 0.3) is 0 Å². The number of unbranched alkanes of at least 4 members (excludes halogenated alkanes) is 1. The standard InChI is InChI=1S/C21H29NO4.Cu/c1-5-7-8-17(6-2)15-26-19-11-9-18(10-12-19)13-14-25-21(24)20(22-4)16(3)23;/h9-12,17,23H,5-8,13-15H2,1-3H3;/b20-16+;. The van der Waals surface area contributed by atoms with Crippen LogP contribution in [0.3, 0.4) is 0 Å². The third kappa shape index (κ3) is 9.51. The van der Waals surface area contributed by atoms with Gasteiger partial charge in [0.2, 0.25) is 0 Å². The van der Waals surface area contributed by atoms with Crippen molar-refractivity contribution in [3.63, 3.8) is 0 Å². The molecule has 0 spiro atoms. The first kappa shape index (κ1) is 25.0. The van der Waals surface area contributed by atoms with Gasteiger partial charge in [0.1, 0.15) is 11.5 Å². The molecule has 0 saturated heterocycles. The van der Waals surface area contributed by atoms with Gasteiger partial charge in [-0.2, -0.15) is 0 Å². The van der Waals surface area contributed by atoms with E-state index in [4.69, 9.17) is 16.0 Å². The molecule has 0 aliphatic heterocycles. The third-order valence-electron chi connectivity index (χ3n) is 4.22. The minimum atomic E-state index is -0.794. The number of aliphatic hydroxyl groups excluding tert-OH is 1. The van der Waals surface area contributed by atoms with Crippen LogP contribution in [0.4, 0.5) is 0 Å². The van der Waals surface area contributed by atoms with Crippen molar-refractivity contribution in [2.45, 2.75) is 52.9 Å². The van der Waals surface area contributed by atoms with Gasteiger partial charge in [-0.05, 0) is 37.0 Å². The van der Waals surface area contributed by atoms with Crippen LogP contribution in [0.15, 0.2) is 35.7 Å². The zero-order valence-corrected chi connectivity index (χ0v) is 17.2. The van der Waals surface area contributed by atoms with Crippen LogP contribution in [0.5, 0.6) is 5.75 Å². The Bertz CT molecular complexity index is 631. The Kier molecular flexibility index (Phi) is 13.1. The van der Waals surface area contributed by atoms with E-state index in [1.807, 2.05) is 24.3 Å². The molecule has 0 aromatic heterocycles. The molecule has 0 amide bonds. The van der Waals surface area contributed by atoms with Crippen LogP contribution in [0.1, 0.15) is 52.0 Å². The van der Waals surface area contributed by atoms with Gasteiger partial charge in [0.05, 0.1) is 19.8 Å². The van der Waals surface area contributed by atoms with Crippen molar-refractivity contribution in [3.8, 4) is 5.75 Å². The molecule has 1 unspecified atom stereocenters. The van der Waals surface area contributed by atoms with E-state index in [9.17, 15) is 9.90 Å². The molecule has 153 valence electrons. The summed E-state index contributed by atoms with van der Waals surface area (Å²) < 4.78 is 10.9. The minimum absolute atomic E-state index is 0. The molecular formula is C21H29CuNO4. The van der Waals surface area contributed by atoms with Crippen LogP contribution in [-0.2, 0) is 33.0 Å². The SMILES string of the molecule is [C-]#[N+]/C(C(=O)OCCc1ccc(OCC(CC)CCCC)cc1)=C(\C)O.[Cu]. The number of hydrogen-bond acceptors (Lipinski definition) is 4. The summed E-state index contributed by atoms with van der Waals surface area (Å²) >= 11 is 0. The van der Waals surface area contributed by atoms with E-state index in [-0.39, 0.29) is 35.1 Å². The number of aliphatic hydroxyl groups is 1.